The highest BCUT2D eigenvalue weighted by molar-refractivity contribution is 5.10. The van der Waals surface area contributed by atoms with Crippen molar-refractivity contribution < 1.29 is 4.42 Å². The van der Waals surface area contributed by atoms with E-state index in [2.05, 4.69) is 24.8 Å². The van der Waals surface area contributed by atoms with Crippen LogP contribution in [-0.2, 0) is 6.54 Å². The number of nitrogens with zero attached hydrogens (tertiary/aromatic N) is 1. The summed E-state index contributed by atoms with van der Waals surface area (Å²) in [5, 5.41) is 0. The Morgan fingerprint density at radius 3 is 2.63 bits per heavy atom. The maximum Gasteiger partial charge on any atom is 0.117 e. The van der Waals surface area contributed by atoms with Crippen molar-refractivity contribution in [2.45, 2.75) is 57.7 Å². The van der Waals surface area contributed by atoms with Gasteiger partial charge in [0.25, 0.3) is 0 Å². The molecule has 0 spiro atoms. The van der Waals surface area contributed by atoms with Crippen molar-refractivity contribution in [3.63, 3.8) is 0 Å². The standard InChI is InChI=1S/C16H26N2O/c1-12(2)13-8-16(9-13,11-17)18(14-5-6-14)10-15-4-3-7-19-15/h3-4,7,12-14H,5-6,8-11,17H2,1-2H3. The normalized spacial score (nSPS) is 30.9. The molecule has 1 aromatic rings. The fourth-order valence-electron chi connectivity index (χ4n) is 3.55. The van der Waals surface area contributed by atoms with E-state index in [9.17, 15) is 0 Å². The summed E-state index contributed by atoms with van der Waals surface area (Å²) >= 11 is 0. The zero-order chi connectivity index (χ0) is 13.5. The molecule has 2 fully saturated rings. The van der Waals surface area contributed by atoms with Gasteiger partial charge in [0.15, 0.2) is 0 Å². The zero-order valence-corrected chi connectivity index (χ0v) is 12.1. The predicted octanol–water partition coefficient (Wildman–Crippen LogP) is 3.01. The van der Waals surface area contributed by atoms with Crippen molar-refractivity contribution in [3.05, 3.63) is 24.2 Å². The molecule has 1 aromatic heterocycles. The lowest BCUT2D eigenvalue weighted by Gasteiger charge is -2.55. The molecule has 0 aliphatic heterocycles. The highest BCUT2D eigenvalue weighted by Gasteiger charge is 2.52. The van der Waals surface area contributed by atoms with Crippen molar-refractivity contribution in [2.24, 2.45) is 17.6 Å². The first-order chi connectivity index (χ1) is 9.14. The largest absolute Gasteiger partial charge is 0.468 e. The number of rotatable bonds is 6. The van der Waals surface area contributed by atoms with Crippen molar-refractivity contribution in [1.82, 2.24) is 4.90 Å². The smallest absolute Gasteiger partial charge is 0.117 e. The Morgan fingerprint density at radius 1 is 1.42 bits per heavy atom. The van der Waals surface area contributed by atoms with Gasteiger partial charge in [-0.15, -0.1) is 0 Å². The Kier molecular flexibility index (Phi) is 3.44. The molecule has 106 valence electrons. The molecule has 3 heteroatoms. The van der Waals surface area contributed by atoms with E-state index in [0.29, 0.717) is 0 Å². The lowest BCUT2D eigenvalue weighted by Crippen LogP contribution is -2.62. The van der Waals surface area contributed by atoms with Crippen LogP contribution < -0.4 is 5.73 Å². The molecular weight excluding hydrogens is 236 g/mol. The van der Waals surface area contributed by atoms with Gasteiger partial charge < -0.3 is 10.2 Å². The van der Waals surface area contributed by atoms with E-state index in [-0.39, 0.29) is 5.54 Å². The van der Waals surface area contributed by atoms with Crippen LogP contribution in [0.4, 0.5) is 0 Å². The minimum absolute atomic E-state index is 0.239. The van der Waals surface area contributed by atoms with Gasteiger partial charge in [-0.05, 0) is 49.7 Å². The summed E-state index contributed by atoms with van der Waals surface area (Å²) in [6.45, 7) is 6.38. The fourth-order valence-corrected chi connectivity index (χ4v) is 3.55. The highest BCUT2D eigenvalue weighted by atomic mass is 16.3. The van der Waals surface area contributed by atoms with Crippen LogP contribution in [0.3, 0.4) is 0 Å². The van der Waals surface area contributed by atoms with Crippen LogP contribution in [0.5, 0.6) is 0 Å². The van der Waals surface area contributed by atoms with Crippen LogP contribution in [0.2, 0.25) is 0 Å². The molecule has 3 nitrogen and oxygen atoms in total. The molecule has 0 saturated heterocycles. The van der Waals surface area contributed by atoms with Gasteiger partial charge in [-0.25, -0.2) is 0 Å². The monoisotopic (exact) mass is 262 g/mol. The maximum atomic E-state index is 6.15. The second-order valence-corrected chi connectivity index (χ2v) is 6.78. The summed E-state index contributed by atoms with van der Waals surface area (Å²) < 4.78 is 5.54. The van der Waals surface area contributed by atoms with Gasteiger partial charge in [-0.2, -0.15) is 0 Å². The highest BCUT2D eigenvalue weighted by Crippen LogP contribution is 2.49. The lowest BCUT2D eigenvalue weighted by atomic mass is 9.63. The Morgan fingerprint density at radius 2 is 2.16 bits per heavy atom. The number of nitrogens with two attached hydrogens (primary N) is 1. The molecule has 2 saturated carbocycles. The summed E-state index contributed by atoms with van der Waals surface area (Å²) in [6.07, 6.45) is 6.95. The molecule has 0 unspecified atom stereocenters. The van der Waals surface area contributed by atoms with Crippen molar-refractivity contribution >= 4 is 0 Å². The van der Waals surface area contributed by atoms with Gasteiger partial charge in [0, 0.05) is 18.1 Å². The van der Waals surface area contributed by atoms with E-state index in [1.165, 1.54) is 25.7 Å². The fraction of sp³-hybridized carbons (Fsp3) is 0.750. The maximum absolute atomic E-state index is 6.15. The second-order valence-electron chi connectivity index (χ2n) is 6.78. The van der Waals surface area contributed by atoms with Gasteiger partial charge in [-0.3, -0.25) is 4.90 Å². The SMILES string of the molecule is CC(C)C1CC(CN)(N(Cc2ccco2)C2CC2)C1. The van der Waals surface area contributed by atoms with Gasteiger partial charge in [0.1, 0.15) is 5.76 Å². The van der Waals surface area contributed by atoms with E-state index >= 15 is 0 Å². The Hall–Kier alpha value is -0.800. The topological polar surface area (TPSA) is 42.4 Å². The number of hydrogen-bond acceptors (Lipinski definition) is 3. The van der Waals surface area contributed by atoms with E-state index in [0.717, 1.165) is 36.7 Å². The van der Waals surface area contributed by atoms with Crippen LogP contribution in [0, 0.1) is 11.8 Å². The van der Waals surface area contributed by atoms with Gasteiger partial charge in [0.05, 0.1) is 12.8 Å². The average molecular weight is 262 g/mol. The molecule has 0 aromatic carbocycles. The third kappa shape index (κ3) is 2.46. The van der Waals surface area contributed by atoms with Gasteiger partial charge in [0.2, 0.25) is 0 Å². The molecule has 1 heterocycles. The summed E-state index contributed by atoms with van der Waals surface area (Å²) in [6, 6.07) is 4.80. The first-order valence-electron chi connectivity index (χ1n) is 7.64. The third-order valence-electron chi connectivity index (χ3n) is 5.11. The Balaban J connectivity index is 1.72. The number of hydrogen-bond donors (Lipinski definition) is 1. The van der Waals surface area contributed by atoms with Crippen LogP contribution in [0.25, 0.3) is 0 Å². The van der Waals surface area contributed by atoms with E-state index in [1.807, 2.05) is 6.07 Å². The Bertz CT molecular complexity index is 402. The van der Waals surface area contributed by atoms with E-state index in [4.69, 9.17) is 10.2 Å². The molecule has 2 aliphatic carbocycles. The quantitative estimate of drug-likeness (QED) is 0.857. The first-order valence-corrected chi connectivity index (χ1v) is 7.64. The van der Waals surface area contributed by atoms with E-state index in [1.54, 1.807) is 6.26 Å². The lowest BCUT2D eigenvalue weighted by molar-refractivity contribution is -0.0489. The molecule has 2 aliphatic rings. The van der Waals surface area contributed by atoms with Crippen LogP contribution in [-0.4, -0.2) is 23.0 Å². The predicted molar refractivity (Wildman–Crippen MR) is 76.6 cm³/mol. The van der Waals surface area contributed by atoms with Gasteiger partial charge >= 0.3 is 0 Å². The average Bonchev–Trinajstić information content (AvgIpc) is 3.04. The van der Waals surface area contributed by atoms with Gasteiger partial charge in [-0.1, -0.05) is 13.8 Å². The van der Waals surface area contributed by atoms with Crippen molar-refractivity contribution in [1.29, 1.82) is 0 Å². The van der Waals surface area contributed by atoms with Crippen LogP contribution in [0.1, 0.15) is 45.3 Å². The summed E-state index contributed by atoms with van der Waals surface area (Å²) in [4.78, 5) is 2.64. The minimum atomic E-state index is 0.239. The molecule has 0 atom stereocenters. The number of furan rings is 1. The van der Waals surface area contributed by atoms with Crippen molar-refractivity contribution in [2.75, 3.05) is 6.54 Å². The van der Waals surface area contributed by atoms with Crippen LogP contribution in [0.15, 0.2) is 22.8 Å². The third-order valence-corrected chi connectivity index (χ3v) is 5.11. The molecule has 0 bridgehead atoms. The summed E-state index contributed by atoms with van der Waals surface area (Å²) in [5.74, 6) is 2.71. The second kappa shape index (κ2) is 4.95. The minimum Gasteiger partial charge on any atom is -0.468 e. The molecular formula is C16H26N2O. The zero-order valence-electron chi connectivity index (χ0n) is 12.1. The first kappa shape index (κ1) is 13.2. The molecule has 19 heavy (non-hydrogen) atoms. The van der Waals surface area contributed by atoms with Crippen molar-refractivity contribution in [3.8, 4) is 0 Å². The molecule has 0 radical (unpaired) electrons. The van der Waals surface area contributed by atoms with Crippen LogP contribution >= 0.6 is 0 Å². The van der Waals surface area contributed by atoms with E-state index < -0.39 is 0 Å². The molecule has 2 N–H and O–H groups in total. The Labute approximate surface area is 116 Å². The summed E-state index contributed by atoms with van der Waals surface area (Å²) in [5.41, 5.74) is 6.39. The summed E-state index contributed by atoms with van der Waals surface area (Å²) in [7, 11) is 0. The molecule has 0 amide bonds. The molecule has 3 rings (SSSR count).